The van der Waals surface area contributed by atoms with E-state index in [-0.39, 0.29) is 6.29 Å². The van der Waals surface area contributed by atoms with Gasteiger partial charge in [-0.15, -0.1) is 0 Å². The number of ether oxygens (including phenoxy) is 3. The molecule has 0 N–H and O–H groups in total. The molecule has 1 aliphatic rings. The van der Waals surface area contributed by atoms with E-state index in [4.69, 9.17) is 14.2 Å². The molecule has 0 aromatic heterocycles. The summed E-state index contributed by atoms with van der Waals surface area (Å²) in [5.41, 5.74) is 3.30. The second kappa shape index (κ2) is 5.06. The molecule has 1 heterocycles. The summed E-state index contributed by atoms with van der Waals surface area (Å²) < 4.78 is 15.7. The largest absolute Gasteiger partial charge is 0.497 e. The Balaban J connectivity index is 1.81. The van der Waals surface area contributed by atoms with E-state index in [1.807, 2.05) is 36.4 Å². The van der Waals surface area contributed by atoms with Crippen LogP contribution in [0.15, 0.2) is 61.1 Å². The molecular formula is C16H14O3. The van der Waals surface area contributed by atoms with Crippen molar-refractivity contribution < 1.29 is 14.2 Å². The number of rotatable bonds is 3. The summed E-state index contributed by atoms with van der Waals surface area (Å²) in [4.78, 5) is 0. The third kappa shape index (κ3) is 2.40. The van der Waals surface area contributed by atoms with E-state index < -0.39 is 0 Å². The smallest absolute Gasteiger partial charge is 0.266 e. The van der Waals surface area contributed by atoms with Crippen LogP contribution in [0.1, 0.15) is 11.9 Å². The van der Waals surface area contributed by atoms with Crippen LogP contribution in [0.5, 0.6) is 5.75 Å². The Kier molecular flexibility index (Phi) is 3.11. The van der Waals surface area contributed by atoms with Crippen LogP contribution in [0.2, 0.25) is 0 Å². The summed E-state index contributed by atoms with van der Waals surface area (Å²) in [5, 5.41) is 0. The standard InChI is InChI=1S/C16H14O3/c1-17-15-8-6-13(7-9-15)12-2-4-14(5-3-12)16-18-10-11-19-16/h2-11,16H,1H3. The van der Waals surface area contributed by atoms with Crippen molar-refractivity contribution in [2.24, 2.45) is 0 Å². The van der Waals surface area contributed by atoms with Crippen LogP contribution < -0.4 is 4.74 Å². The van der Waals surface area contributed by atoms with Gasteiger partial charge in [-0.1, -0.05) is 36.4 Å². The molecule has 0 saturated carbocycles. The molecule has 19 heavy (non-hydrogen) atoms. The normalized spacial score (nSPS) is 13.9. The molecule has 0 bridgehead atoms. The van der Waals surface area contributed by atoms with Gasteiger partial charge in [-0.25, -0.2) is 0 Å². The maximum Gasteiger partial charge on any atom is 0.266 e. The molecule has 1 aliphatic heterocycles. The molecule has 0 saturated heterocycles. The molecule has 3 heteroatoms. The zero-order valence-electron chi connectivity index (χ0n) is 10.6. The second-order valence-electron chi connectivity index (χ2n) is 4.23. The van der Waals surface area contributed by atoms with Crippen LogP contribution in [-0.4, -0.2) is 7.11 Å². The second-order valence-corrected chi connectivity index (χ2v) is 4.23. The van der Waals surface area contributed by atoms with Crippen molar-refractivity contribution in [1.29, 1.82) is 0 Å². The van der Waals surface area contributed by atoms with Gasteiger partial charge in [0.15, 0.2) is 0 Å². The van der Waals surface area contributed by atoms with Crippen molar-refractivity contribution >= 4 is 0 Å². The molecule has 0 spiro atoms. The molecule has 0 unspecified atom stereocenters. The van der Waals surface area contributed by atoms with Crippen molar-refractivity contribution in [2.75, 3.05) is 7.11 Å². The number of hydrogen-bond acceptors (Lipinski definition) is 3. The van der Waals surface area contributed by atoms with Gasteiger partial charge < -0.3 is 14.2 Å². The number of methoxy groups -OCH3 is 1. The Morgan fingerprint density at radius 2 is 1.32 bits per heavy atom. The summed E-state index contributed by atoms with van der Waals surface area (Å²) in [7, 11) is 1.67. The van der Waals surface area contributed by atoms with Gasteiger partial charge in [-0.3, -0.25) is 0 Å². The van der Waals surface area contributed by atoms with Crippen molar-refractivity contribution in [3.05, 3.63) is 66.6 Å². The molecule has 0 amide bonds. The number of hydrogen-bond donors (Lipinski definition) is 0. The first-order chi connectivity index (χ1) is 9.36. The van der Waals surface area contributed by atoms with Crippen LogP contribution in [0.3, 0.4) is 0 Å². The molecule has 0 atom stereocenters. The fourth-order valence-electron chi connectivity index (χ4n) is 2.01. The molecule has 2 aromatic rings. The number of benzene rings is 2. The first kappa shape index (κ1) is 11.7. The first-order valence-electron chi connectivity index (χ1n) is 6.07. The van der Waals surface area contributed by atoms with Gasteiger partial charge in [0.1, 0.15) is 18.3 Å². The van der Waals surface area contributed by atoms with Crippen molar-refractivity contribution in [3.8, 4) is 16.9 Å². The predicted octanol–water partition coefficient (Wildman–Crippen LogP) is 3.88. The summed E-state index contributed by atoms with van der Waals surface area (Å²) in [5.74, 6) is 0.860. The SMILES string of the molecule is COc1ccc(-c2ccc(C3OC=CO3)cc2)cc1. The lowest BCUT2D eigenvalue weighted by Crippen LogP contribution is -1.97. The lowest BCUT2D eigenvalue weighted by atomic mass is 10.0. The average Bonchev–Trinajstić information content (AvgIpc) is 3.02. The average molecular weight is 254 g/mol. The monoisotopic (exact) mass is 254 g/mol. The van der Waals surface area contributed by atoms with Gasteiger partial charge in [-0.2, -0.15) is 0 Å². The minimum Gasteiger partial charge on any atom is -0.497 e. The highest BCUT2D eigenvalue weighted by Gasteiger charge is 2.14. The van der Waals surface area contributed by atoms with Crippen molar-refractivity contribution in [2.45, 2.75) is 6.29 Å². The minimum absolute atomic E-state index is 0.315. The first-order valence-corrected chi connectivity index (χ1v) is 6.07. The Morgan fingerprint density at radius 1 is 0.789 bits per heavy atom. The van der Waals surface area contributed by atoms with Gasteiger partial charge in [0.2, 0.25) is 0 Å². The van der Waals surface area contributed by atoms with E-state index >= 15 is 0 Å². The van der Waals surface area contributed by atoms with Crippen LogP contribution >= 0.6 is 0 Å². The van der Waals surface area contributed by atoms with E-state index in [0.717, 1.165) is 22.4 Å². The summed E-state index contributed by atoms with van der Waals surface area (Å²) in [6.45, 7) is 0. The molecule has 96 valence electrons. The Labute approximate surface area is 112 Å². The van der Waals surface area contributed by atoms with E-state index in [1.165, 1.54) is 0 Å². The molecule has 0 radical (unpaired) electrons. The highest BCUT2D eigenvalue weighted by Crippen LogP contribution is 2.27. The molecule has 3 rings (SSSR count). The highest BCUT2D eigenvalue weighted by molar-refractivity contribution is 5.64. The Hall–Kier alpha value is -2.42. The topological polar surface area (TPSA) is 27.7 Å². The Bertz CT molecular complexity index is 562. The van der Waals surface area contributed by atoms with Crippen LogP contribution in [0.25, 0.3) is 11.1 Å². The third-order valence-corrected chi connectivity index (χ3v) is 3.07. The minimum atomic E-state index is -0.315. The van der Waals surface area contributed by atoms with Crippen molar-refractivity contribution in [3.63, 3.8) is 0 Å². The lowest BCUT2D eigenvalue weighted by Gasteiger charge is -2.11. The fraction of sp³-hybridized carbons (Fsp3) is 0.125. The van der Waals surface area contributed by atoms with Crippen molar-refractivity contribution in [1.82, 2.24) is 0 Å². The van der Waals surface area contributed by atoms with Gasteiger partial charge in [0.25, 0.3) is 6.29 Å². The summed E-state index contributed by atoms with van der Waals surface area (Å²) in [6, 6.07) is 16.1. The predicted molar refractivity (Wildman–Crippen MR) is 72.5 cm³/mol. The highest BCUT2D eigenvalue weighted by atomic mass is 16.7. The Morgan fingerprint density at radius 3 is 1.84 bits per heavy atom. The van der Waals surface area contributed by atoms with Gasteiger partial charge in [0.05, 0.1) is 7.11 Å². The summed E-state index contributed by atoms with van der Waals surface area (Å²) in [6.07, 6.45) is 2.80. The van der Waals surface area contributed by atoms with Gasteiger partial charge in [0, 0.05) is 5.56 Å². The molecule has 3 nitrogen and oxygen atoms in total. The van der Waals surface area contributed by atoms with Crippen LogP contribution in [0.4, 0.5) is 0 Å². The third-order valence-electron chi connectivity index (χ3n) is 3.07. The van der Waals surface area contributed by atoms with Gasteiger partial charge >= 0.3 is 0 Å². The lowest BCUT2D eigenvalue weighted by molar-refractivity contribution is -0.0245. The van der Waals surface area contributed by atoms with Gasteiger partial charge in [-0.05, 0) is 23.3 Å². The molecule has 0 fully saturated rings. The fourth-order valence-corrected chi connectivity index (χ4v) is 2.01. The van der Waals surface area contributed by atoms with Crippen LogP contribution in [0, 0.1) is 0 Å². The quantitative estimate of drug-likeness (QED) is 0.832. The van der Waals surface area contributed by atoms with E-state index in [9.17, 15) is 0 Å². The summed E-state index contributed by atoms with van der Waals surface area (Å²) >= 11 is 0. The zero-order valence-corrected chi connectivity index (χ0v) is 10.6. The molecule has 2 aromatic carbocycles. The maximum atomic E-state index is 5.30. The van der Waals surface area contributed by atoms with E-state index in [1.54, 1.807) is 19.6 Å². The molecular weight excluding hydrogens is 240 g/mol. The zero-order chi connectivity index (χ0) is 13.1. The molecule has 0 aliphatic carbocycles. The maximum absolute atomic E-state index is 5.30. The van der Waals surface area contributed by atoms with E-state index in [2.05, 4.69) is 12.1 Å². The van der Waals surface area contributed by atoms with E-state index in [0.29, 0.717) is 0 Å². The van der Waals surface area contributed by atoms with Crippen LogP contribution in [-0.2, 0) is 9.47 Å².